The molecule has 0 aromatic carbocycles. The predicted molar refractivity (Wildman–Crippen MR) is 84.2 cm³/mol. The molecule has 0 radical (unpaired) electrons. The number of rotatable bonds is 7. The minimum atomic E-state index is -2.85. The molecular weight excluding hydrogens is 310 g/mol. The third-order valence-electron chi connectivity index (χ3n) is 3.52. The van der Waals surface area contributed by atoms with Gasteiger partial charge < -0.3 is 5.32 Å². The van der Waals surface area contributed by atoms with Crippen LogP contribution in [0.3, 0.4) is 0 Å². The second-order valence-electron chi connectivity index (χ2n) is 5.31. The molecule has 21 heavy (non-hydrogen) atoms. The first-order chi connectivity index (χ1) is 9.96. The third kappa shape index (κ3) is 5.35. The predicted octanol–water partition coefficient (Wildman–Crippen LogP) is 0.687. The van der Waals surface area contributed by atoms with E-state index in [1.165, 1.54) is 17.3 Å². The monoisotopic (exact) mass is 331 g/mol. The summed E-state index contributed by atoms with van der Waals surface area (Å²) in [4.78, 5) is 11.7. The van der Waals surface area contributed by atoms with Crippen molar-refractivity contribution in [1.29, 1.82) is 0 Å². The number of sulfone groups is 1. The van der Waals surface area contributed by atoms with Gasteiger partial charge in [0.1, 0.15) is 0 Å². The molecule has 0 bridgehead atoms. The van der Waals surface area contributed by atoms with E-state index >= 15 is 0 Å². The summed E-state index contributed by atoms with van der Waals surface area (Å²) >= 11 is 1.45. The van der Waals surface area contributed by atoms with Gasteiger partial charge in [-0.1, -0.05) is 0 Å². The van der Waals surface area contributed by atoms with Crippen molar-refractivity contribution in [1.82, 2.24) is 15.5 Å². The van der Waals surface area contributed by atoms with E-state index in [-0.39, 0.29) is 22.7 Å². The third-order valence-corrected chi connectivity index (χ3v) is 6.80. The second-order valence-corrected chi connectivity index (χ2v) is 8.83. The fourth-order valence-electron chi connectivity index (χ4n) is 2.27. The molecule has 2 heterocycles. The van der Waals surface area contributed by atoms with Crippen molar-refractivity contribution in [2.45, 2.75) is 31.4 Å². The number of hydrogen-bond acceptors (Lipinski definition) is 5. The number of hydrogen-bond donors (Lipinski definition) is 2. The van der Waals surface area contributed by atoms with Gasteiger partial charge in [-0.05, 0) is 31.7 Å². The summed E-state index contributed by atoms with van der Waals surface area (Å²) < 4.78 is 22.6. The van der Waals surface area contributed by atoms with Crippen LogP contribution in [0.4, 0.5) is 0 Å². The molecule has 1 aromatic heterocycles. The van der Waals surface area contributed by atoms with Crippen molar-refractivity contribution in [3.63, 3.8) is 0 Å². The maximum atomic E-state index is 11.7. The van der Waals surface area contributed by atoms with Gasteiger partial charge in [0.05, 0.1) is 23.5 Å². The Bertz CT molecular complexity index is 583. The molecule has 1 fully saturated rings. The van der Waals surface area contributed by atoms with Crippen LogP contribution >= 0.6 is 11.8 Å². The van der Waals surface area contributed by atoms with Crippen molar-refractivity contribution >= 4 is 27.5 Å². The Morgan fingerprint density at radius 1 is 1.57 bits per heavy atom. The van der Waals surface area contributed by atoms with Crippen LogP contribution in [0, 0.1) is 6.92 Å². The molecule has 1 unspecified atom stereocenters. The lowest BCUT2D eigenvalue weighted by Gasteiger charge is -2.08. The molecule has 2 rings (SSSR count). The van der Waals surface area contributed by atoms with Gasteiger partial charge in [0, 0.05) is 17.5 Å². The van der Waals surface area contributed by atoms with Gasteiger partial charge in [-0.3, -0.25) is 9.89 Å². The van der Waals surface area contributed by atoms with Crippen LogP contribution in [0.1, 0.15) is 24.1 Å². The van der Waals surface area contributed by atoms with E-state index in [2.05, 4.69) is 15.5 Å². The highest BCUT2D eigenvalue weighted by Gasteiger charge is 2.28. The highest BCUT2D eigenvalue weighted by molar-refractivity contribution is 8.02. The van der Waals surface area contributed by atoms with Crippen molar-refractivity contribution in [2.75, 3.05) is 23.8 Å². The normalized spacial score (nSPS) is 20.5. The number of aryl methyl sites for hydroxylation is 2. The molecular formula is C13H21N3O3S2. The maximum Gasteiger partial charge on any atom is 0.230 e. The first kappa shape index (κ1) is 16.4. The van der Waals surface area contributed by atoms with Gasteiger partial charge in [0.25, 0.3) is 0 Å². The lowest BCUT2D eigenvalue weighted by molar-refractivity contribution is -0.118. The fourth-order valence-corrected chi connectivity index (χ4v) is 5.74. The Morgan fingerprint density at radius 2 is 2.38 bits per heavy atom. The first-order valence-corrected chi connectivity index (χ1v) is 9.91. The van der Waals surface area contributed by atoms with Crippen LogP contribution in [-0.2, 0) is 21.1 Å². The number of nitrogens with zero attached hydrogens (tertiary/aromatic N) is 1. The number of thioether (sulfide) groups is 1. The van der Waals surface area contributed by atoms with Crippen LogP contribution in [0.5, 0.6) is 0 Å². The number of carbonyl (C=O) groups excluding carboxylic acids is 1. The number of aromatic nitrogens is 2. The van der Waals surface area contributed by atoms with Gasteiger partial charge in [0.15, 0.2) is 9.84 Å². The van der Waals surface area contributed by atoms with E-state index in [1.807, 2.05) is 13.1 Å². The average Bonchev–Trinajstić information content (AvgIpc) is 2.98. The Balaban J connectivity index is 1.57. The van der Waals surface area contributed by atoms with Crippen LogP contribution in [-0.4, -0.2) is 53.6 Å². The molecule has 1 atom stereocenters. The van der Waals surface area contributed by atoms with E-state index in [9.17, 15) is 13.2 Å². The summed E-state index contributed by atoms with van der Waals surface area (Å²) in [6, 6.07) is 0. The molecule has 1 saturated heterocycles. The first-order valence-electron chi connectivity index (χ1n) is 7.04. The minimum absolute atomic E-state index is 0.0202. The summed E-state index contributed by atoms with van der Waals surface area (Å²) in [5.74, 6) is 0.791. The number of amides is 1. The Labute approximate surface area is 129 Å². The van der Waals surface area contributed by atoms with E-state index in [0.717, 1.165) is 18.5 Å². The topological polar surface area (TPSA) is 91.9 Å². The van der Waals surface area contributed by atoms with E-state index in [0.29, 0.717) is 18.7 Å². The fraction of sp³-hybridized carbons (Fsp3) is 0.692. The lowest BCUT2D eigenvalue weighted by atomic mass is 10.1. The maximum absolute atomic E-state index is 11.7. The van der Waals surface area contributed by atoms with Crippen LogP contribution < -0.4 is 5.32 Å². The second kappa shape index (κ2) is 7.31. The molecule has 1 aliphatic rings. The molecule has 1 amide bonds. The summed E-state index contributed by atoms with van der Waals surface area (Å²) in [7, 11) is -2.85. The zero-order chi connectivity index (χ0) is 15.3. The number of aromatic amines is 1. The number of carbonyl (C=O) groups is 1. The summed E-state index contributed by atoms with van der Waals surface area (Å²) in [5, 5.41) is 9.79. The Morgan fingerprint density at radius 3 is 3.00 bits per heavy atom. The molecule has 1 aromatic rings. The molecule has 2 N–H and O–H groups in total. The molecule has 0 aliphatic carbocycles. The highest BCUT2D eigenvalue weighted by Crippen LogP contribution is 2.23. The lowest BCUT2D eigenvalue weighted by Crippen LogP contribution is -2.27. The smallest absolute Gasteiger partial charge is 0.230 e. The molecule has 8 heteroatoms. The van der Waals surface area contributed by atoms with Crippen molar-refractivity contribution in [2.24, 2.45) is 0 Å². The molecule has 6 nitrogen and oxygen atoms in total. The highest BCUT2D eigenvalue weighted by atomic mass is 32.2. The molecule has 0 spiro atoms. The Kier molecular flexibility index (Phi) is 5.69. The quantitative estimate of drug-likeness (QED) is 0.717. The zero-order valence-corrected chi connectivity index (χ0v) is 13.7. The van der Waals surface area contributed by atoms with E-state index in [4.69, 9.17) is 0 Å². The van der Waals surface area contributed by atoms with E-state index < -0.39 is 9.84 Å². The van der Waals surface area contributed by atoms with Gasteiger partial charge in [-0.15, -0.1) is 11.8 Å². The standard InChI is InChI=1S/C13H21N3O3S2/c1-10-11(7-15-16-10)3-2-5-14-13(17)8-20-12-4-6-21(18,19)9-12/h7,12H,2-6,8-9H2,1H3,(H,14,17)(H,15,16). The average molecular weight is 331 g/mol. The van der Waals surface area contributed by atoms with Crippen LogP contribution in [0.15, 0.2) is 6.20 Å². The van der Waals surface area contributed by atoms with Crippen molar-refractivity contribution in [3.05, 3.63) is 17.5 Å². The van der Waals surface area contributed by atoms with Gasteiger partial charge in [-0.25, -0.2) is 8.42 Å². The summed E-state index contributed by atoms with van der Waals surface area (Å²) in [6.07, 6.45) is 4.23. The molecule has 1 aliphatic heterocycles. The minimum Gasteiger partial charge on any atom is -0.355 e. The zero-order valence-electron chi connectivity index (χ0n) is 12.1. The summed E-state index contributed by atoms with van der Waals surface area (Å²) in [5.41, 5.74) is 2.24. The van der Waals surface area contributed by atoms with E-state index in [1.54, 1.807) is 0 Å². The SMILES string of the molecule is Cc1[nH]ncc1CCCNC(=O)CSC1CCS(=O)(=O)C1. The number of nitrogens with one attached hydrogen (secondary N) is 2. The summed E-state index contributed by atoms with van der Waals surface area (Å²) in [6.45, 7) is 2.61. The molecule has 0 saturated carbocycles. The largest absolute Gasteiger partial charge is 0.355 e. The van der Waals surface area contributed by atoms with Gasteiger partial charge in [0.2, 0.25) is 5.91 Å². The van der Waals surface area contributed by atoms with Gasteiger partial charge >= 0.3 is 0 Å². The van der Waals surface area contributed by atoms with Crippen LogP contribution in [0.25, 0.3) is 0 Å². The van der Waals surface area contributed by atoms with Crippen molar-refractivity contribution in [3.8, 4) is 0 Å². The van der Waals surface area contributed by atoms with Crippen LogP contribution in [0.2, 0.25) is 0 Å². The Hall–Kier alpha value is -1.02. The number of H-pyrrole nitrogens is 1. The van der Waals surface area contributed by atoms with Gasteiger partial charge in [-0.2, -0.15) is 5.10 Å². The van der Waals surface area contributed by atoms with Crippen molar-refractivity contribution < 1.29 is 13.2 Å². The molecule has 118 valence electrons.